The van der Waals surface area contributed by atoms with Crippen LogP contribution in [0.3, 0.4) is 0 Å². The van der Waals surface area contributed by atoms with Gasteiger partial charge in [-0.3, -0.25) is 0 Å². The van der Waals surface area contributed by atoms with Crippen LogP contribution in [-0.2, 0) is 0 Å². The first kappa shape index (κ1) is 8.26. The zero-order valence-corrected chi connectivity index (χ0v) is 6.10. The molecule has 0 aliphatic heterocycles. The Kier molecular flexibility index (Phi) is 2.42. The second-order valence-electron chi connectivity index (χ2n) is 2.16. The Morgan fingerprint density at radius 3 is 2.42 bits per heavy atom. The zero-order chi connectivity index (χ0) is 8.97. The molecule has 0 amide bonds. The summed E-state index contributed by atoms with van der Waals surface area (Å²) >= 11 is 0. The summed E-state index contributed by atoms with van der Waals surface area (Å²) in [4.78, 5) is 10.4. The number of aromatic carboxylic acids is 1. The summed E-state index contributed by atoms with van der Waals surface area (Å²) in [6.45, 7) is 0. The van der Waals surface area contributed by atoms with Crippen LogP contribution in [0.5, 0.6) is 0 Å². The molecule has 0 radical (unpaired) electrons. The summed E-state index contributed by atoms with van der Waals surface area (Å²) in [6.07, 6.45) is 1.12. The van der Waals surface area contributed by atoms with E-state index in [1.165, 1.54) is 24.3 Å². The second kappa shape index (κ2) is 3.52. The average molecular weight is 164 g/mol. The molecule has 1 aromatic rings. The van der Waals surface area contributed by atoms with Gasteiger partial charge in [-0.05, 0) is 17.7 Å². The number of rotatable bonds is 2. The van der Waals surface area contributed by atoms with Gasteiger partial charge in [-0.1, -0.05) is 12.1 Å². The Balaban J connectivity index is 2.93. The van der Waals surface area contributed by atoms with E-state index in [1.54, 1.807) is 0 Å². The molecule has 0 atom stereocenters. The highest BCUT2D eigenvalue weighted by Gasteiger charge is 1.99. The second-order valence-corrected chi connectivity index (χ2v) is 2.16. The molecule has 0 aliphatic rings. The van der Waals surface area contributed by atoms with E-state index in [0.29, 0.717) is 5.56 Å². The fourth-order valence-electron chi connectivity index (χ4n) is 0.773. The number of carboxylic acids is 1. The average Bonchev–Trinajstić information content (AvgIpc) is 2.06. The van der Waals surface area contributed by atoms with Crippen LogP contribution in [0.4, 0.5) is 0 Å². The van der Waals surface area contributed by atoms with Crippen molar-refractivity contribution in [2.45, 2.75) is 0 Å². The zero-order valence-electron chi connectivity index (χ0n) is 6.10. The molecule has 4 heteroatoms. The Labute approximate surface area is 68.8 Å². The van der Waals surface area contributed by atoms with Crippen molar-refractivity contribution in [2.75, 3.05) is 0 Å². The van der Waals surface area contributed by atoms with Gasteiger partial charge in [0.25, 0.3) is 0 Å². The van der Waals surface area contributed by atoms with E-state index < -0.39 is 5.97 Å². The van der Waals surface area contributed by atoms with Gasteiger partial charge in [0, 0.05) is 6.21 Å². The highest BCUT2D eigenvalue weighted by Crippen LogP contribution is 2.01. The molecular weight excluding hydrogens is 158 g/mol. The Hall–Kier alpha value is -1.84. The van der Waals surface area contributed by atoms with Gasteiger partial charge < -0.3 is 15.5 Å². The number of nitrogens with zero attached hydrogens (tertiary/aromatic N) is 1. The van der Waals surface area contributed by atoms with E-state index in [1.807, 2.05) is 0 Å². The standard InChI is InChI=1S/C8H7NO3/c10-8(11)7-3-1-6(2-4-7)5-9-12/h1-5,12H,(H,10,11)/p-1/b9-5+. The molecule has 62 valence electrons. The normalized spacial score (nSPS) is 10.3. The van der Waals surface area contributed by atoms with Gasteiger partial charge in [0.15, 0.2) is 0 Å². The summed E-state index contributed by atoms with van der Waals surface area (Å²) in [5.41, 5.74) is 0.785. The lowest BCUT2D eigenvalue weighted by molar-refractivity contribution is 0.0697. The van der Waals surface area contributed by atoms with Gasteiger partial charge in [0.2, 0.25) is 0 Å². The Morgan fingerprint density at radius 1 is 1.42 bits per heavy atom. The lowest BCUT2D eigenvalue weighted by Crippen LogP contribution is -1.95. The fourth-order valence-corrected chi connectivity index (χ4v) is 0.773. The van der Waals surface area contributed by atoms with Crippen molar-refractivity contribution in [2.24, 2.45) is 5.16 Å². The molecular formula is C8H6NO3-. The maximum absolute atomic E-state index is 10.4. The van der Waals surface area contributed by atoms with Crippen LogP contribution in [0.2, 0.25) is 0 Å². The van der Waals surface area contributed by atoms with Crippen LogP contribution in [0, 0.1) is 5.21 Å². The van der Waals surface area contributed by atoms with Crippen LogP contribution >= 0.6 is 0 Å². The predicted octanol–water partition coefficient (Wildman–Crippen LogP) is 1.30. The highest BCUT2D eigenvalue weighted by atomic mass is 16.4. The monoisotopic (exact) mass is 164 g/mol. The third kappa shape index (κ3) is 1.82. The van der Waals surface area contributed by atoms with Gasteiger partial charge in [-0.15, -0.1) is 0 Å². The molecule has 0 saturated heterocycles. The molecule has 4 nitrogen and oxygen atoms in total. The van der Waals surface area contributed by atoms with Crippen LogP contribution in [0.25, 0.3) is 0 Å². The molecule has 0 fully saturated rings. The molecule has 12 heavy (non-hydrogen) atoms. The van der Waals surface area contributed by atoms with Gasteiger partial charge in [0.05, 0.1) is 5.56 Å². The largest absolute Gasteiger partial charge is 0.792 e. The molecule has 0 unspecified atom stereocenters. The highest BCUT2D eigenvalue weighted by molar-refractivity contribution is 5.89. The lowest BCUT2D eigenvalue weighted by Gasteiger charge is -1.95. The molecule has 1 rings (SSSR count). The first-order valence-corrected chi connectivity index (χ1v) is 3.23. The van der Waals surface area contributed by atoms with Gasteiger partial charge in [-0.2, -0.15) is 0 Å². The summed E-state index contributed by atoms with van der Waals surface area (Å²) in [5.74, 6) is -0.986. The number of carboxylic acid groups (broad SMARTS) is 1. The Morgan fingerprint density at radius 2 is 2.00 bits per heavy atom. The smallest absolute Gasteiger partial charge is 0.335 e. The number of benzene rings is 1. The number of carbonyl (C=O) groups is 1. The van der Waals surface area contributed by atoms with Crippen LogP contribution in [-0.4, -0.2) is 17.3 Å². The molecule has 1 aromatic carbocycles. The topological polar surface area (TPSA) is 72.7 Å². The molecule has 0 aliphatic carbocycles. The van der Waals surface area contributed by atoms with Crippen molar-refractivity contribution < 1.29 is 9.90 Å². The minimum absolute atomic E-state index is 0.193. The third-order valence-corrected chi connectivity index (χ3v) is 1.36. The predicted molar refractivity (Wildman–Crippen MR) is 44.4 cm³/mol. The van der Waals surface area contributed by atoms with Crippen LogP contribution in [0.15, 0.2) is 29.4 Å². The quantitative estimate of drug-likeness (QED) is 0.528. The number of hydrogen-bond donors (Lipinski definition) is 1. The van der Waals surface area contributed by atoms with E-state index in [9.17, 15) is 10.0 Å². The molecule has 0 bridgehead atoms. The van der Waals surface area contributed by atoms with Crippen molar-refractivity contribution in [3.05, 3.63) is 40.6 Å². The Bertz CT molecular complexity index is 303. The van der Waals surface area contributed by atoms with Crippen molar-refractivity contribution in [1.82, 2.24) is 0 Å². The van der Waals surface area contributed by atoms with E-state index in [-0.39, 0.29) is 5.56 Å². The van der Waals surface area contributed by atoms with E-state index in [2.05, 4.69) is 5.16 Å². The van der Waals surface area contributed by atoms with E-state index >= 15 is 0 Å². The van der Waals surface area contributed by atoms with Crippen molar-refractivity contribution >= 4 is 12.2 Å². The third-order valence-electron chi connectivity index (χ3n) is 1.36. The maximum Gasteiger partial charge on any atom is 0.335 e. The minimum Gasteiger partial charge on any atom is -0.792 e. The molecule has 0 aromatic heterocycles. The van der Waals surface area contributed by atoms with Crippen molar-refractivity contribution in [3.8, 4) is 0 Å². The van der Waals surface area contributed by atoms with Crippen molar-refractivity contribution in [3.63, 3.8) is 0 Å². The van der Waals surface area contributed by atoms with E-state index in [0.717, 1.165) is 6.21 Å². The van der Waals surface area contributed by atoms with Gasteiger partial charge in [-0.25, -0.2) is 4.79 Å². The number of hydrogen-bond acceptors (Lipinski definition) is 3. The summed E-state index contributed by atoms with van der Waals surface area (Å²) in [5, 5.41) is 20.8. The van der Waals surface area contributed by atoms with Crippen LogP contribution in [0.1, 0.15) is 15.9 Å². The fraction of sp³-hybridized carbons (Fsp3) is 0. The molecule has 0 spiro atoms. The summed E-state index contributed by atoms with van der Waals surface area (Å²) in [6, 6.07) is 5.87. The summed E-state index contributed by atoms with van der Waals surface area (Å²) in [7, 11) is 0. The van der Waals surface area contributed by atoms with Gasteiger partial charge >= 0.3 is 5.97 Å². The molecule has 0 heterocycles. The maximum atomic E-state index is 10.4. The molecule has 1 N–H and O–H groups in total. The molecule has 0 saturated carbocycles. The first-order chi connectivity index (χ1) is 5.74. The van der Waals surface area contributed by atoms with Crippen molar-refractivity contribution in [1.29, 1.82) is 0 Å². The summed E-state index contributed by atoms with van der Waals surface area (Å²) < 4.78 is 0. The van der Waals surface area contributed by atoms with E-state index in [4.69, 9.17) is 5.11 Å². The first-order valence-electron chi connectivity index (χ1n) is 3.23. The lowest BCUT2D eigenvalue weighted by atomic mass is 10.1. The SMILES string of the molecule is O=C(O)c1ccc(/C=N/[O-])cc1. The minimum atomic E-state index is -0.986. The van der Waals surface area contributed by atoms with Crippen LogP contribution < -0.4 is 0 Å². The van der Waals surface area contributed by atoms with Gasteiger partial charge in [0.1, 0.15) is 0 Å².